The molecule has 0 radical (unpaired) electrons. The summed E-state index contributed by atoms with van der Waals surface area (Å²) in [7, 11) is 1.34. The number of rotatable bonds is 9. The van der Waals surface area contributed by atoms with E-state index in [0.29, 0.717) is 11.1 Å². The Hall–Kier alpha value is -1.88. The molecule has 0 heterocycles. The number of methoxy groups -OCH3 is 1. The second-order valence-corrected chi connectivity index (χ2v) is 5.61. The molecule has 0 aliphatic carbocycles. The summed E-state index contributed by atoms with van der Waals surface area (Å²) in [4.78, 5) is 25.9. The van der Waals surface area contributed by atoms with Crippen molar-refractivity contribution in [2.45, 2.75) is 39.7 Å². The first-order chi connectivity index (χ1) is 11.0. The molecule has 5 heteroatoms. The summed E-state index contributed by atoms with van der Waals surface area (Å²) in [5.74, 6) is -0.515. The van der Waals surface area contributed by atoms with E-state index in [9.17, 15) is 9.59 Å². The van der Waals surface area contributed by atoms with Crippen molar-refractivity contribution < 1.29 is 14.3 Å². The SMILES string of the molecule is CCN(CC)CCCC(C)NC(=O)c1ccc(C(=O)OC)cc1. The van der Waals surface area contributed by atoms with Gasteiger partial charge < -0.3 is 15.0 Å². The van der Waals surface area contributed by atoms with Crippen LogP contribution in [-0.2, 0) is 4.74 Å². The van der Waals surface area contributed by atoms with E-state index in [1.807, 2.05) is 6.92 Å². The fourth-order valence-electron chi connectivity index (χ4n) is 2.42. The van der Waals surface area contributed by atoms with E-state index in [0.717, 1.165) is 32.5 Å². The lowest BCUT2D eigenvalue weighted by Gasteiger charge is -2.19. The Balaban J connectivity index is 2.44. The molecule has 0 bridgehead atoms. The first-order valence-corrected chi connectivity index (χ1v) is 8.23. The number of carbonyl (C=O) groups excluding carboxylic acids is 2. The van der Waals surface area contributed by atoms with Gasteiger partial charge in [-0.05, 0) is 63.7 Å². The number of esters is 1. The Bertz CT molecular complexity index is 495. The second kappa shape index (κ2) is 10.0. The van der Waals surface area contributed by atoms with Crippen LogP contribution in [0.4, 0.5) is 0 Å². The zero-order chi connectivity index (χ0) is 17.2. The maximum Gasteiger partial charge on any atom is 0.337 e. The van der Waals surface area contributed by atoms with Gasteiger partial charge in [0.2, 0.25) is 0 Å². The molecule has 0 saturated carbocycles. The molecule has 0 aliphatic rings. The van der Waals surface area contributed by atoms with Gasteiger partial charge in [-0.3, -0.25) is 4.79 Å². The van der Waals surface area contributed by atoms with Crippen LogP contribution in [0.5, 0.6) is 0 Å². The molecule has 23 heavy (non-hydrogen) atoms. The zero-order valence-electron chi connectivity index (χ0n) is 14.6. The number of hydrogen-bond donors (Lipinski definition) is 1. The molecule has 1 N–H and O–H groups in total. The van der Waals surface area contributed by atoms with Crippen LogP contribution in [0.1, 0.15) is 54.3 Å². The molecule has 0 aromatic heterocycles. The molecule has 5 nitrogen and oxygen atoms in total. The third-order valence-corrected chi connectivity index (χ3v) is 3.95. The van der Waals surface area contributed by atoms with Crippen molar-refractivity contribution in [3.8, 4) is 0 Å². The van der Waals surface area contributed by atoms with E-state index in [2.05, 4.69) is 28.8 Å². The minimum absolute atomic E-state index is 0.114. The van der Waals surface area contributed by atoms with Gasteiger partial charge in [0.1, 0.15) is 0 Å². The number of nitrogens with one attached hydrogen (secondary N) is 1. The van der Waals surface area contributed by atoms with Crippen molar-refractivity contribution in [2.24, 2.45) is 0 Å². The molecule has 0 aliphatic heterocycles. The minimum Gasteiger partial charge on any atom is -0.465 e. The van der Waals surface area contributed by atoms with Gasteiger partial charge in [0.15, 0.2) is 0 Å². The fraction of sp³-hybridized carbons (Fsp3) is 0.556. The van der Waals surface area contributed by atoms with Crippen LogP contribution in [0.3, 0.4) is 0 Å². The second-order valence-electron chi connectivity index (χ2n) is 5.61. The Morgan fingerprint density at radius 1 is 1.13 bits per heavy atom. The quantitative estimate of drug-likeness (QED) is 0.711. The third-order valence-electron chi connectivity index (χ3n) is 3.95. The van der Waals surface area contributed by atoms with E-state index in [1.165, 1.54) is 7.11 Å². The first-order valence-electron chi connectivity index (χ1n) is 8.23. The first kappa shape index (κ1) is 19.2. The highest BCUT2D eigenvalue weighted by molar-refractivity contribution is 5.96. The van der Waals surface area contributed by atoms with Gasteiger partial charge in [0.05, 0.1) is 12.7 Å². The van der Waals surface area contributed by atoms with Crippen LogP contribution in [0.25, 0.3) is 0 Å². The maximum absolute atomic E-state index is 12.2. The van der Waals surface area contributed by atoms with E-state index < -0.39 is 5.97 Å². The molecule has 1 aromatic rings. The van der Waals surface area contributed by atoms with Crippen molar-refractivity contribution in [3.63, 3.8) is 0 Å². The van der Waals surface area contributed by atoms with Gasteiger partial charge >= 0.3 is 5.97 Å². The van der Waals surface area contributed by atoms with Gasteiger partial charge in [-0.15, -0.1) is 0 Å². The molecule has 1 atom stereocenters. The van der Waals surface area contributed by atoms with Crippen LogP contribution in [-0.4, -0.2) is 49.6 Å². The number of amides is 1. The fourth-order valence-corrected chi connectivity index (χ4v) is 2.42. The maximum atomic E-state index is 12.2. The Labute approximate surface area is 139 Å². The monoisotopic (exact) mass is 320 g/mol. The molecule has 0 saturated heterocycles. The molecule has 1 unspecified atom stereocenters. The molecule has 1 aromatic carbocycles. The minimum atomic E-state index is -0.401. The predicted octanol–water partition coefficient (Wildman–Crippen LogP) is 2.71. The highest BCUT2D eigenvalue weighted by Crippen LogP contribution is 2.07. The summed E-state index contributed by atoms with van der Waals surface area (Å²) in [6.07, 6.45) is 2.01. The van der Waals surface area contributed by atoms with Crippen molar-refractivity contribution >= 4 is 11.9 Å². The average molecular weight is 320 g/mol. The van der Waals surface area contributed by atoms with E-state index in [4.69, 9.17) is 0 Å². The van der Waals surface area contributed by atoms with Crippen molar-refractivity contribution in [1.82, 2.24) is 10.2 Å². The molecule has 1 rings (SSSR count). The normalized spacial score (nSPS) is 12.0. The lowest BCUT2D eigenvalue weighted by molar-refractivity contribution is 0.0600. The molecular weight excluding hydrogens is 292 g/mol. The van der Waals surface area contributed by atoms with Gasteiger partial charge in [-0.25, -0.2) is 4.79 Å². The number of ether oxygens (including phenoxy) is 1. The van der Waals surface area contributed by atoms with Crippen LogP contribution in [0, 0.1) is 0 Å². The topological polar surface area (TPSA) is 58.6 Å². The van der Waals surface area contributed by atoms with E-state index >= 15 is 0 Å². The number of benzene rings is 1. The summed E-state index contributed by atoms with van der Waals surface area (Å²) in [6.45, 7) is 9.51. The molecule has 1 amide bonds. The lowest BCUT2D eigenvalue weighted by atomic mass is 10.1. The van der Waals surface area contributed by atoms with E-state index in [-0.39, 0.29) is 11.9 Å². The Morgan fingerprint density at radius 2 is 1.70 bits per heavy atom. The van der Waals surface area contributed by atoms with Crippen molar-refractivity contribution in [2.75, 3.05) is 26.7 Å². The average Bonchev–Trinajstić information content (AvgIpc) is 2.58. The molecular formula is C18H28N2O3. The van der Waals surface area contributed by atoms with Gasteiger partial charge in [0, 0.05) is 11.6 Å². The molecule has 128 valence electrons. The van der Waals surface area contributed by atoms with Gasteiger partial charge in [-0.2, -0.15) is 0 Å². The van der Waals surface area contributed by atoms with Crippen LogP contribution < -0.4 is 5.32 Å². The number of hydrogen-bond acceptors (Lipinski definition) is 4. The largest absolute Gasteiger partial charge is 0.465 e. The third kappa shape index (κ3) is 6.40. The standard InChI is InChI=1S/C18H28N2O3/c1-5-20(6-2)13-7-8-14(3)19-17(21)15-9-11-16(12-10-15)18(22)23-4/h9-12,14H,5-8,13H2,1-4H3,(H,19,21). The van der Waals surface area contributed by atoms with Crippen LogP contribution in [0.2, 0.25) is 0 Å². The summed E-state index contributed by atoms with van der Waals surface area (Å²) in [6, 6.07) is 6.62. The van der Waals surface area contributed by atoms with Gasteiger partial charge in [0.25, 0.3) is 5.91 Å². The Morgan fingerprint density at radius 3 is 2.22 bits per heavy atom. The number of carbonyl (C=O) groups is 2. The summed E-state index contributed by atoms with van der Waals surface area (Å²) in [5.41, 5.74) is 0.990. The number of nitrogens with zero attached hydrogens (tertiary/aromatic N) is 1. The highest BCUT2D eigenvalue weighted by atomic mass is 16.5. The summed E-state index contributed by atoms with van der Waals surface area (Å²) >= 11 is 0. The van der Waals surface area contributed by atoms with Crippen molar-refractivity contribution in [3.05, 3.63) is 35.4 Å². The molecule has 0 fully saturated rings. The van der Waals surface area contributed by atoms with Crippen LogP contribution in [0.15, 0.2) is 24.3 Å². The predicted molar refractivity (Wildman–Crippen MR) is 91.7 cm³/mol. The van der Waals surface area contributed by atoms with Gasteiger partial charge in [-0.1, -0.05) is 13.8 Å². The molecule has 0 spiro atoms. The lowest BCUT2D eigenvalue weighted by Crippen LogP contribution is -2.33. The highest BCUT2D eigenvalue weighted by Gasteiger charge is 2.11. The summed E-state index contributed by atoms with van der Waals surface area (Å²) < 4.78 is 4.64. The van der Waals surface area contributed by atoms with Crippen LogP contribution >= 0.6 is 0 Å². The zero-order valence-corrected chi connectivity index (χ0v) is 14.6. The van der Waals surface area contributed by atoms with E-state index in [1.54, 1.807) is 24.3 Å². The Kier molecular flexibility index (Phi) is 8.33. The van der Waals surface area contributed by atoms with Crippen molar-refractivity contribution in [1.29, 1.82) is 0 Å². The summed E-state index contributed by atoms with van der Waals surface area (Å²) in [5, 5.41) is 2.99. The smallest absolute Gasteiger partial charge is 0.337 e.